The summed E-state index contributed by atoms with van der Waals surface area (Å²) in [4.78, 5) is 0. The van der Waals surface area contributed by atoms with E-state index in [1.54, 1.807) is 0 Å². The molecule has 0 saturated carbocycles. The number of rotatable bonds is 2. The van der Waals surface area contributed by atoms with Crippen LogP contribution in [0.4, 0.5) is 0 Å². The number of ether oxygens (including phenoxy) is 1. The van der Waals surface area contributed by atoms with Crippen LogP contribution in [0.15, 0.2) is 48.5 Å². The van der Waals surface area contributed by atoms with Crippen LogP contribution in [0.3, 0.4) is 0 Å². The minimum absolute atomic E-state index is 0.0140. The van der Waals surface area contributed by atoms with E-state index in [9.17, 15) is 0 Å². The second kappa shape index (κ2) is 4.95. The molecule has 0 aromatic heterocycles. The van der Waals surface area contributed by atoms with Crippen molar-refractivity contribution in [3.63, 3.8) is 0 Å². The summed E-state index contributed by atoms with van der Waals surface area (Å²) in [6.45, 7) is 12.4. The molecule has 0 amide bonds. The lowest BCUT2D eigenvalue weighted by molar-refractivity contribution is -0.0187. The van der Waals surface area contributed by atoms with Crippen LogP contribution >= 0.6 is 0 Å². The highest BCUT2D eigenvalue weighted by Gasteiger charge is 2.62. The van der Waals surface area contributed by atoms with Gasteiger partial charge in [0, 0.05) is 17.4 Å². The van der Waals surface area contributed by atoms with Crippen molar-refractivity contribution in [3.8, 4) is 0 Å². The molecule has 4 rings (SSSR count). The first-order valence-corrected chi connectivity index (χ1v) is 9.17. The molecule has 0 saturated heterocycles. The van der Waals surface area contributed by atoms with E-state index < -0.39 is 0 Å². The molecular formula is C23H28O. The first-order valence-electron chi connectivity index (χ1n) is 9.17. The van der Waals surface area contributed by atoms with Gasteiger partial charge >= 0.3 is 0 Å². The molecule has 0 radical (unpaired) electrons. The first-order chi connectivity index (χ1) is 11.4. The van der Waals surface area contributed by atoms with E-state index in [-0.39, 0.29) is 22.3 Å². The van der Waals surface area contributed by atoms with E-state index in [0.717, 1.165) is 13.0 Å². The highest BCUT2D eigenvalue weighted by Crippen LogP contribution is 2.63. The van der Waals surface area contributed by atoms with E-state index >= 15 is 0 Å². The lowest BCUT2D eigenvalue weighted by Gasteiger charge is -2.39. The third-order valence-corrected chi connectivity index (χ3v) is 6.40. The van der Waals surface area contributed by atoms with Gasteiger partial charge in [-0.2, -0.15) is 0 Å². The van der Waals surface area contributed by atoms with Crippen molar-refractivity contribution in [2.45, 2.75) is 63.4 Å². The fourth-order valence-electron chi connectivity index (χ4n) is 5.67. The molecule has 1 nitrogen and oxygen atoms in total. The van der Waals surface area contributed by atoms with Gasteiger partial charge in [0.1, 0.15) is 0 Å². The summed E-state index contributed by atoms with van der Waals surface area (Å²) in [6, 6.07) is 18.1. The van der Waals surface area contributed by atoms with Gasteiger partial charge in [0.15, 0.2) is 0 Å². The zero-order chi connectivity index (χ0) is 17.2. The van der Waals surface area contributed by atoms with Crippen LogP contribution in [0.2, 0.25) is 0 Å². The van der Waals surface area contributed by atoms with Gasteiger partial charge in [0.05, 0.1) is 6.10 Å². The van der Waals surface area contributed by atoms with Crippen molar-refractivity contribution in [2.75, 3.05) is 6.61 Å². The Kier molecular flexibility index (Phi) is 3.28. The largest absolute Gasteiger partial charge is 0.376 e. The Labute approximate surface area is 146 Å². The standard InChI is InChI=1S/C23H28O/c1-6-24-20-22(4,5)17-12-8-10-14-19(17)23(20)15-21(2,3)16-11-7-9-13-18(16)23/h7-14,20H,6,15H2,1-5H3. The molecule has 0 fully saturated rings. The summed E-state index contributed by atoms with van der Waals surface area (Å²) in [7, 11) is 0. The lowest BCUT2D eigenvalue weighted by atomic mass is 9.70. The summed E-state index contributed by atoms with van der Waals surface area (Å²) in [5.41, 5.74) is 6.05. The van der Waals surface area contributed by atoms with Crippen LogP contribution in [0.5, 0.6) is 0 Å². The molecule has 1 spiro atoms. The SMILES string of the molecule is CCOC1C(C)(C)c2ccccc2C12CC(C)(C)c1ccccc12. The normalized spacial score (nSPS) is 28.8. The Morgan fingerprint density at radius 3 is 1.92 bits per heavy atom. The predicted octanol–water partition coefficient (Wildman–Crippen LogP) is 5.35. The molecule has 0 N–H and O–H groups in total. The molecule has 126 valence electrons. The average molecular weight is 320 g/mol. The van der Waals surface area contributed by atoms with Crippen molar-refractivity contribution in [1.82, 2.24) is 0 Å². The predicted molar refractivity (Wildman–Crippen MR) is 99.7 cm³/mol. The summed E-state index contributed by atoms with van der Waals surface area (Å²) in [6.07, 6.45) is 1.29. The van der Waals surface area contributed by atoms with Gasteiger partial charge in [-0.25, -0.2) is 0 Å². The van der Waals surface area contributed by atoms with Crippen LogP contribution in [0, 0.1) is 0 Å². The third kappa shape index (κ3) is 1.80. The van der Waals surface area contributed by atoms with Crippen molar-refractivity contribution in [3.05, 3.63) is 70.8 Å². The Morgan fingerprint density at radius 2 is 1.33 bits per heavy atom. The molecule has 2 aromatic carbocycles. The summed E-state index contributed by atoms with van der Waals surface area (Å²) in [5.74, 6) is 0. The number of fused-ring (bicyclic) bond motifs is 4. The van der Waals surface area contributed by atoms with Gasteiger partial charge in [0.2, 0.25) is 0 Å². The molecule has 2 atom stereocenters. The van der Waals surface area contributed by atoms with E-state index in [4.69, 9.17) is 4.74 Å². The van der Waals surface area contributed by atoms with Gasteiger partial charge in [-0.15, -0.1) is 0 Å². The summed E-state index contributed by atoms with van der Waals surface area (Å²) in [5, 5.41) is 0. The molecule has 2 aliphatic carbocycles. The topological polar surface area (TPSA) is 9.23 Å². The Morgan fingerprint density at radius 1 is 0.833 bits per heavy atom. The van der Waals surface area contributed by atoms with Crippen LogP contribution in [-0.2, 0) is 21.0 Å². The second-order valence-corrected chi connectivity index (χ2v) is 8.68. The van der Waals surface area contributed by atoms with Crippen molar-refractivity contribution in [2.24, 2.45) is 0 Å². The molecular weight excluding hydrogens is 292 g/mol. The molecule has 0 heterocycles. The molecule has 24 heavy (non-hydrogen) atoms. The summed E-state index contributed by atoms with van der Waals surface area (Å²) >= 11 is 0. The number of hydrogen-bond donors (Lipinski definition) is 0. The first kappa shape index (κ1) is 15.9. The van der Waals surface area contributed by atoms with E-state index in [1.165, 1.54) is 22.3 Å². The van der Waals surface area contributed by atoms with Gasteiger partial charge < -0.3 is 4.74 Å². The Balaban J connectivity index is 2.06. The number of benzene rings is 2. The fourth-order valence-corrected chi connectivity index (χ4v) is 5.67. The van der Waals surface area contributed by atoms with Gasteiger partial charge in [-0.3, -0.25) is 0 Å². The number of hydrogen-bond acceptors (Lipinski definition) is 1. The van der Waals surface area contributed by atoms with E-state index in [1.807, 2.05) is 0 Å². The van der Waals surface area contributed by atoms with Gasteiger partial charge in [-0.05, 0) is 41.0 Å². The maximum atomic E-state index is 6.49. The molecule has 2 aliphatic rings. The van der Waals surface area contributed by atoms with E-state index in [0.29, 0.717) is 0 Å². The van der Waals surface area contributed by atoms with Crippen LogP contribution in [-0.4, -0.2) is 12.7 Å². The molecule has 0 bridgehead atoms. The maximum absolute atomic E-state index is 6.49. The minimum Gasteiger partial charge on any atom is -0.376 e. The maximum Gasteiger partial charge on any atom is 0.0803 e. The highest BCUT2D eigenvalue weighted by atomic mass is 16.5. The van der Waals surface area contributed by atoms with E-state index in [2.05, 4.69) is 83.1 Å². The van der Waals surface area contributed by atoms with Crippen molar-refractivity contribution < 1.29 is 4.74 Å². The Hall–Kier alpha value is -1.60. The zero-order valence-corrected chi connectivity index (χ0v) is 15.5. The monoisotopic (exact) mass is 320 g/mol. The van der Waals surface area contributed by atoms with Crippen molar-refractivity contribution in [1.29, 1.82) is 0 Å². The van der Waals surface area contributed by atoms with Crippen LogP contribution in [0.25, 0.3) is 0 Å². The third-order valence-electron chi connectivity index (χ3n) is 6.40. The van der Waals surface area contributed by atoms with Gasteiger partial charge in [0.25, 0.3) is 0 Å². The summed E-state index contributed by atoms with van der Waals surface area (Å²) < 4.78 is 6.49. The van der Waals surface area contributed by atoms with Gasteiger partial charge in [-0.1, -0.05) is 76.2 Å². The lowest BCUT2D eigenvalue weighted by Crippen LogP contribution is -2.45. The highest BCUT2D eigenvalue weighted by molar-refractivity contribution is 5.61. The quantitative estimate of drug-likeness (QED) is 0.724. The molecule has 0 aliphatic heterocycles. The minimum atomic E-state index is -0.0316. The zero-order valence-electron chi connectivity index (χ0n) is 15.5. The fraction of sp³-hybridized carbons (Fsp3) is 0.478. The average Bonchev–Trinajstić information content (AvgIpc) is 2.91. The second-order valence-electron chi connectivity index (χ2n) is 8.68. The molecule has 2 aromatic rings. The molecule has 1 heteroatoms. The van der Waals surface area contributed by atoms with Crippen LogP contribution < -0.4 is 0 Å². The smallest absolute Gasteiger partial charge is 0.0803 e. The molecule has 2 unspecified atom stereocenters. The van der Waals surface area contributed by atoms with Crippen LogP contribution in [0.1, 0.15) is 63.3 Å². The van der Waals surface area contributed by atoms with Crippen molar-refractivity contribution >= 4 is 0 Å². The Bertz CT molecular complexity index is 773.